The standard InChI is InChI=1S/C19H26N2O2/c1-13-16(15-8-4-5-9-17(15)20-13)11-19(23)21(2)12-14-7-3-6-10-18(14)22/h4-5,8-9,14,18,20,22H,3,6-7,10-12H2,1-2H3. The van der Waals surface area contributed by atoms with Crippen molar-refractivity contribution in [3.63, 3.8) is 0 Å². The molecule has 0 saturated heterocycles. The lowest BCUT2D eigenvalue weighted by Crippen LogP contribution is -2.38. The molecule has 1 saturated carbocycles. The number of aliphatic hydroxyl groups is 1. The number of nitrogens with one attached hydrogen (secondary N) is 1. The molecule has 2 aromatic rings. The third-order valence-corrected chi connectivity index (χ3v) is 5.16. The van der Waals surface area contributed by atoms with E-state index in [1.165, 1.54) is 0 Å². The molecule has 1 aromatic heterocycles. The quantitative estimate of drug-likeness (QED) is 0.911. The predicted molar refractivity (Wildman–Crippen MR) is 92.3 cm³/mol. The first kappa shape index (κ1) is 16.1. The lowest BCUT2D eigenvalue weighted by Gasteiger charge is -2.31. The van der Waals surface area contributed by atoms with Crippen molar-refractivity contribution in [2.75, 3.05) is 13.6 Å². The van der Waals surface area contributed by atoms with E-state index in [0.29, 0.717) is 13.0 Å². The summed E-state index contributed by atoms with van der Waals surface area (Å²) < 4.78 is 0. The van der Waals surface area contributed by atoms with Crippen LogP contribution in [0, 0.1) is 12.8 Å². The number of carbonyl (C=O) groups excluding carboxylic acids is 1. The summed E-state index contributed by atoms with van der Waals surface area (Å²) in [6.07, 6.45) is 4.30. The summed E-state index contributed by atoms with van der Waals surface area (Å²) in [5, 5.41) is 11.2. The SMILES string of the molecule is Cc1[nH]c2ccccc2c1CC(=O)N(C)CC1CCCCC1O. The van der Waals surface area contributed by atoms with E-state index in [0.717, 1.165) is 47.8 Å². The van der Waals surface area contributed by atoms with Crippen LogP contribution < -0.4 is 0 Å². The molecule has 4 heteroatoms. The number of benzene rings is 1. The summed E-state index contributed by atoms with van der Waals surface area (Å²) in [7, 11) is 1.85. The molecule has 0 bridgehead atoms. The van der Waals surface area contributed by atoms with Gasteiger partial charge in [-0.2, -0.15) is 0 Å². The molecule has 1 fully saturated rings. The first-order chi connectivity index (χ1) is 11.1. The average Bonchev–Trinajstić information content (AvgIpc) is 2.85. The molecule has 1 aliphatic carbocycles. The second-order valence-corrected chi connectivity index (χ2v) is 6.84. The third-order valence-electron chi connectivity index (χ3n) is 5.16. The number of aliphatic hydroxyl groups excluding tert-OH is 1. The van der Waals surface area contributed by atoms with Crippen LogP contribution in [0.5, 0.6) is 0 Å². The summed E-state index contributed by atoms with van der Waals surface area (Å²) in [5.41, 5.74) is 3.23. The van der Waals surface area contributed by atoms with Crippen LogP contribution in [0.15, 0.2) is 24.3 Å². The molecule has 0 radical (unpaired) electrons. The van der Waals surface area contributed by atoms with Crippen molar-refractivity contribution in [1.29, 1.82) is 0 Å². The minimum Gasteiger partial charge on any atom is -0.393 e. The number of likely N-dealkylation sites (N-methyl/N-ethyl adjacent to an activating group) is 1. The normalized spacial score (nSPS) is 21.5. The summed E-state index contributed by atoms with van der Waals surface area (Å²) in [6.45, 7) is 2.68. The zero-order valence-corrected chi connectivity index (χ0v) is 14.0. The van der Waals surface area contributed by atoms with E-state index in [2.05, 4.69) is 11.1 Å². The van der Waals surface area contributed by atoms with Crippen LogP contribution in [0.2, 0.25) is 0 Å². The number of hydrogen-bond acceptors (Lipinski definition) is 2. The monoisotopic (exact) mass is 314 g/mol. The van der Waals surface area contributed by atoms with Gasteiger partial charge >= 0.3 is 0 Å². The molecular formula is C19H26N2O2. The third kappa shape index (κ3) is 3.42. The molecule has 2 unspecified atom stereocenters. The van der Waals surface area contributed by atoms with Crippen LogP contribution in [0.3, 0.4) is 0 Å². The van der Waals surface area contributed by atoms with Gasteiger partial charge in [-0.05, 0) is 31.4 Å². The summed E-state index contributed by atoms with van der Waals surface area (Å²) in [5.74, 6) is 0.345. The smallest absolute Gasteiger partial charge is 0.226 e. The molecule has 2 atom stereocenters. The van der Waals surface area contributed by atoms with E-state index in [-0.39, 0.29) is 17.9 Å². The van der Waals surface area contributed by atoms with Crippen molar-refractivity contribution in [1.82, 2.24) is 9.88 Å². The molecule has 4 nitrogen and oxygen atoms in total. The molecule has 1 heterocycles. The first-order valence-electron chi connectivity index (χ1n) is 8.54. The lowest BCUT2D eigenvalue weighted by molar-refractivity contribution is -0.130. The number of nitrogens with zero attached hydrogens (tertiary/aromatic N) is 1. The highest BCUT2D eigenvalue weighted by Gasteiger charge is 2.26. The average molecular weight is 314 g/mol. The van der Waals surface area contributed by atoms with Crippen LogP contribution in [-0.2, 0) is 11.2 Å². The van der Waals surface area contributed by atoms with Crippen molar-refractivity contribution in [3.8, 4) is 0 Å². The fourth-order valence-corrected chi connectivity index (χ4v) is 3.70. The minimum atomic E-state index is -0.256. The van der Waals surface area contributed by atoms with Crippen LogP contribution in [0.25, 0.3) is 10.9 Å². The van der Waals surface area contributed by atoms with Crippen LogP contribution in [-0.4, -0.2) is 40.6 Å². The van der Waals surface area contributed by atoms with Crippen molar-refractivity contribution in [3.05, 3.63) is 35.5 Å². The Bertz CT molecular complexity index is 692. The summed E-state index contributed by atoms with van der Waals surface area (Å²) in [6, 6.07) is 8.11. The Hall–Kier alpha value is -1.81. The predicted octanol–water partition coefficient (Wildman–Crippen LogP) is 3.03. The Balaban J connectivity index is 1.69. The second-order valence-electron chi connectivity index (χ2n) is 6.84. The van der Waals surface area contributed by atoms with Gasteiger partial charge in [0, 0.05) is 36.1 Å². The van der Waals surface area contributed by atoms with Crippen molar-refractivity contribution >= 4 is 16.8 Å². The molecular weight excluding hydrogens is 288 g/mol. The van der Waals surface area contributed by atoms with Crippen molar-refractivity contribution < 1.29 is 9.90 Å². The first-order valence-corrected chi connectivity index (χ1v) is 8.54. The van der Waals surface area contributed by atoms with Gasteiger partial charge in [-0.15, -0.1) is 0 Å². The molecule has 2 N–H and O–H groups in total. The van der Waals surface area contributed by atoms with Crippen LogP contribution >= 0.6 is 0 Å². The fraction of sp³-hybridized carbons (Fsp3) is 0.526. The number of aromatic nitrogens is 1. The highest BCUT2D eigenvalue weighted by atomic mass is 16.3. The van der Waals surface area contributed by atoms with E-state index in [1.54, 1.807) is 4.90 Å². The zero-order valence-electron chi connectivity index (χ0n) is 14.0. The van der Waals surface area contributed by atoms with Gasteiger partial charge in [0.1, 0.15) is 0 Å². The van der Waals surface area contributed by atoms with E-state index < -0.39 is 0 Å². The maximum atomic E-state index is 12.6. The zero-order chi connectivity index (χ0) is 16.4. The van der Waals surface area contributed by atoms with Gasteiger partial charge in [0.05, 0.1) is 12.5 Å². The highest BCUT2D eigenvalue weighted by Crippen LogP contribution is 2.26. The number of rotatable bonds is 4. The second kappa shape index (κ2) is 6.75. The van der Waals surface area contributed by atoms with Gasteiger partial charge in [0.15, 0.2) is 0 Å². The molecule has 1 aromatic carbocycles. The number of hydrogen-bond donors (Lipinski definition) is 2. The van der Waals surface area contributed by atoms with E-state index in [4.69, 9.17) is 0 Å². The van der Waals surface area contributed by atoms with Gasteiger partial charge in [0.2, 0.25) is 5.91 Å². The van der Waals surface area contributed by atoms with Crippen LogP contribution in [0.4, 0.5) is 0 Å². The Morgan fingerprint density at radius 2 is 2.04 bits per heavy atom. The maximum Gasteiger partial charge on any atom is 0.226 e. The van der Waals surface area contributed by atoms with Gasteiger partial charge in [-0.25, -0.2) is 0 Å². The number of para-hydroxylation sites is 1. The molecule has 0 aliphatic heterocycles. The lowest BCUT2D eigenvalue weighted by atomic mass is 9.86. The van der Waals surface area contributed by atoms with Crippen molar-refractivity contribution in [2.45, 2.75) is 45.1 Å². The van der Waals surface area contributed by atoms with Gasteiger partial charge in [-0.1, -0.05) is 31.0 Å². The number of fused-ring (bicyclic) bond motifs is 1. The highest BCUT2D eigenvalue weighted by molar-refractivity contribution is 5.90. The Morgan fingerprint density at radius 1 is 1.30 bits per heavy atom. The largest absolute Gasteiger partial charge is 0.393 e. The van der Waals surface area contributed by atoms with Gasteiger partial charge < -0.3 is 15.0 Å². The summed E-state index contributed by atoms with van der Waals surface area (Å²) in [4.78, 5) is 17.8. The van der Waals surface area contributed by atoms with Gasteiger partial charge in [0.25, 0.3) is 0 Å². The van der Waals surface area contributed by atoms with Crippen LogP contribution in [0.1, 0.15) is 36.9 Å². The molecule has 1 amide bonds. The number of aromatic amines is 1. The summed E-state index contributed by atoms with van der Waals surface area (Å²) >= 11 is 0. The number of carbonyl (C=O) groups is 1. The minimum absolute atomic E-state index is 0.121. The molecule has 1 aliphatic rings. The number of amides is 1. The Labute approximate surface area is 137 Å². The van der Waals surface area contributed by atoms with Crippen molar-refractivity contribution in [2.24, 2.45) is 5.92 Å². The number of H-pyrrole nitrogens is 1. The molecule has 0 spiro atoms. The Morgan fingerprint density at radius 3 is 2.83 bits per heavy atom. The van der Waals surface area contributed by atoms with E-state index in [9.17, 15) is 9.90 Å². The fourth-order valence-electron chi connectivity index (χ4n) is 3.70. The number of aryl methyl sites for hydroxylation is 1. The Kier molecular flexibility index (Phi) is 4.71. The maximum absolute atomic E-state index is 12.6. The van der Waals surface area contributed by atoms with Gasteiger partial charge in [-0.3, -0.25) is 4.79 Å². The van der Waals surface area contributed by atoms with E-state index in [1.807, 2.05) is 32.2 Å². The van der Waals surface area contributed by atoms with E-state index >= 15 is 0 Å². The molecule has 124 valence electrons. The molecule has 3 rings (SSSR count). The topological polar surface area (TPSA) is 56.3 Å². The molecule has 23 heavy (non-hydrogen) atoms.